The highest BCUT2D eigenvalue weighted by atomic mass is 15.4. The second kappa shape index (κ2) is 3.46. The first kappa shape index (κ1) is 8.69. The van der Waals surface area contributed by atoms with E-state index in [0.717, 1.165) is 37.7 Å². The fourth-order valence-corrected chi connectivity index (χ4v) is 1.57. The van der Waals surface area contributed by atoms with Crippen molar-refractivity contribution in [2.45, 2.75) is 33.4 Å². The monoisotopic (exact) mass is 180 g/mol. The Morgan fingerprint density at radius 3 is 3.08 bits per heavy atom. The van der Waals surface area contributed by atoms with Crippen molar-refractivity contribution in [2.24, 2.45) is 5.92 Å². The fourth-order valence-electron chi connectivity index (χ4n) is 1.57. The molecule has 2 rings (SSSR count). The van der Waals surface area contributed by atoms with E-state index in [1.165, 1.54) is 0 Å². The molecular formula is C9H16N4. The smallest absolute Gasteiger partial charge is 0.151 e. The van der Waals surface area contributed by atoms with Gasteiger partial charge in [0.2, 0.25) is 0 Å². The van der Waals surface area contributed by atoms with E-state index >= 15 is 0 Å². The molecule has 0 unspecified atom stereocenters. The summed E-state index contributed by atoms with van der Waals surface area (Å²) in [4.78, 5) is 4.48. The van der Waals surface area contributed by atoms with Crippen LogP contribution in [0.15, 0.2) is 0 Å². The molecule has 13 heavy (non-hydrogen) atoms. The van der Waals surface area contributed by atoms with Gasteiger partial charge in [-0.05, 0) is 5.92 Å². The van der Waals surface area contributed by atoms with Crippen molar-refractivity contribution in [3.05, 3.63) is 11.6 Å². The molecule has 1 N–H and O–H groups in total. The van der Waals surface area contributed by atoms with Crippen molar-refractivity contribution in [3.8, 4) is 0 Å². The molecule has 2 heterocycles. The number of hydrogen-bond donors (Lipinski definition) is 1. The third-order valence-electron chi connectivity index (χ3n) is 2.17. The minimum absolute atomic E-state index is 0.636. The lowest BCUT2D eigenvalue weighted by molar-refractivity contribution is 0.466. The number of nitrogens with zero attached hydrogens (tertiary/aromatic N) is 3. The first-order valence-corrected chi connectivity index (χ1v) is 4.89. The summed E-state index contributed by atoms with van der Waals surface area (Å²) < 4.78 is 2.02. The molecule has 0 amide bonds. The van der Waals surface area contributed by atoms with Crippen LogP contribution in [0.4, 0.5) is 0 Å². The average Bonchev–Trinajstić information content (AvgIpc) is 2.44. The Bertz CT molecular complexity index is 266. The van der Waals surface area contributed by atoms with Gasteiger partial charge in [0.1, 0.15) is 5.82 Å². The molecule has 0 aromatic carbocycles. The first-order valence-electron chi connectivity index (χ1n) is 4.89. The van der Waals surface area contributed by atoms with Gasteiger partial charge in [-0.2, -0.15) is 5.10 Å². The average molecular weight is 180 g/mol. The van der Waals surface area contributed by atoms with E-state index < -0.39 is 0 Å². The molecule has 4 nitrogen and oxygen atoms in total. The third-order valence-corrected chi connectivity index (χ3v) is 2.17. The fraction of sp³-hybridized carbons (Fsp3) is 0.778. The third kappa shape index (κ3) is 1.88. The van der Waals surface area contributed by atoms with Crippen LogP contribution in [0, 0.1) is 5.92 Å². The van der Waals surface area contributed by atoms with E-state index in [9.17, 15) is 0 Å². The lowest BCUT2D eigenvalue weighted by atomic mass is 10.1. The number of hydrogen-bond acceptors (Lipinski definition) is 3. The molecule has 1 aliphatic heterocycles. The van der Waals surface area contributed by atoms with Crippen LogP contribution in [0.2, 0.25) is 0 Å². The van der Waals surface area contributed by atoms with Crippen LogP contribution in [0.25, 0.3) is 0 Å². The van der Waals surface area contributed by atoms with E-state index in [2.05, 4.69) is 29.2 Å². The topological polar surface area (TPSA) is 42.7 Å². The van der Waals surface area contributed by atoms with Gasteiger partial charge in [-0.1, -0.05) is 13.8 Å². The van der Waals surface area contributed by atoms with Crippen molar-refractivity contribution in [3.63, 3.8) is 0 Å². The van der Waals surface area contributed by atoms with Crippen molar-refractivity contribution in [1.82, 2.24) is 20.1 Å². The summed E-state index contributed by atoms with van der Waals surface area (Å²) >= 11 is 0. The molecule has 1 aliphatic rings. The van der Waals surface area contributed by atoms with Crippen LogP contribution in [-0.2, 0) is 19.5 Å². The molecule has 0 atom stereocenters. The Labute approximate surface area is 78.4 Å². The van der Waals surface area contributed by atoms with Crippen LogP contribution >= 0.6 is 0 Å². The number of aromatic nitrogens is 3. The van der Waals surface area contributed by atoms with Crippen molar-refractivity contribution >= 4 is 0 Å². The highest BCUT2D eigenvalue weighted by molar-refractivity contribution is 4.95. The predicted octanol–water partition coefficient (Wildman–Crippen LogP) is 0.580. The van der Waals surface area contributed by atoms with E-state index in [-0.39, 0.29) is 0 Å². The molecule has 4 heteroatoms. The molecule has 0 aliphatic carbocycles. The van der Waals surface area contributed by atoms with Gasteiger partial charge in [-0.3, -0.25) is 0 Å². The van der Waals surface area contributed by atoms with Crippen molar-refractivity contribution in [2.75, 3.05) is 6.54 Å². The lowest BCUT2D eigenvalue weighted by Crippen LogP contribution is -2.28. The second-order valence-corrected chi connectivity index (χ2v) is 3.94. The SMILES string of the molecule is CC(C)Cc1nc2n(n1)CCNC2. The van der Waals surface area contributed by atoms with Gasteiger partial charge < -0.3 is 5.32 Å². The van der Waals surface area contributed by atoms with Gasteiger partial charge in [0, 0.05) is 13.0 Å². The molecule has 1 aromatic heterocycles. The minimum Gasteiger partial charge on any atom is -0.308 e. The van der Waals surface area contributed by atoms with Gasteiger partial charge in [0.25, 0.3) is 0 Å². The zero-order chi connectivity index (χ0) is 9.26. The van der Waals surface area contributed by atoms with Gasteiger partial charge in [0.05, 0.1) is 13.1 Å². The summed E-state index contributed by atoms with van der Waals surface area (Å²) in [5.41, 5.74) is 0. The van der Waals surface area contributed by atoms with Gasteiger partial charge in [-0.25, -0.2) is 9.67 Å². The van der Waals surface area contributed by atoms with Gasteiger partial charge in [0.15, 0.2) is 5.82 Å². The van der Waals surface area contributed by atoms with Crippen LogP contribution < -0.4 is 5.32 Å². The van der Waals surface area contributed by atoms with Gasteiger partial charge >= 0.3 is 0 Å². The first-order chi connectivity index (χ1) is 6.25. The lowest BCUT2D eigenvalue weighted by Gasteiger charge is -2.11. The highest BCUT2D eigenvalue weighted by Gasteiger charge is 2.13. The maximum Gasteiger partial charge on any atom is 0.151 e. The van der Waals surface area contributed by atoms with Crippen LogP contribution in [0.3, 0.4) is 0 Å². The Morgan fingerprint density at radius 2 is 2.38 bits per heavy atom. The summed E-state index contributed by atoms with van der Waals surface area (Å²) in [5.74, 6) is 2.72. The number of fused-ring (bicyclic) bond motifs is 1. The van der Waals surface area contributed by atoms with Gasteiger partial charge in [-0.15, -0.1) is 0 Å². The molecular weight excluding hydrogens is 164 g/mol. The zero-order valence-electron chi connectivity index (χ0n) is 8.25. The summed E-state index contributed by atoms with van der Waals surface area (Å²) in [6.45, 7) is 7.22. The quantitative estimate of drug-likeness (QED) is 0.724. The summed E-state index contributed by atoms with van der Waals surface area (Å²) in [6, 6.07) is 0. The normalized spacial score (nSPS) is 16.2. The number of rotatable bonds is 2. The van der Waals surface area contributed by atoms with E-state index in [4.69, 9.17) is 0 Å². The molecule has 0 saturated carbocycles. The molecule has 1 aromatic rings. The summed E-state index contributed by atoms with van der Waals surface area (Å²) in [7, 11) is 0. The molecule has 0 spiro atoms. The molecule has 0 fully saturated rings. The van der Waals surface area contributed by atoms with Crippen LogP contribution in [0.5, 0.6) is 0 Å². The molecule has 72 valence electrons. The standard InChI is InChI=1S/C9H16N4/c1-7(2)5-8-11-9-6-10-3-4-13(9)12-8/h7,10H,3-6H2,1-2H3. The summed E-state index contributed by atoms with van der Waals surface area (Å²) in [6.07, 6.45) is 0.986. The molecule has 0 radical (unpaired) electrons. The minimum atomic E-state index is 0.636. The molecule has 0 bridgehead atoms. The predicted molar refractivity (Wildman–Crippen MR) is 50.3 cm³/mol. The Kier molecular flexibility index (Phi) is 2.31. The highest BCUT2D eigenvalue weighted by Crippen LogP contribution is 2.06. The van der Waals surface area contributed by atoms with Crippen molar-refractivity contribution in [1.29, 1.82) is 0 Å². The maximum absolute atomic E-state index is 4.48. The van der Waals surface area contributed by atoms with E-state index in [0.29, 0.717) is 5.92 Å². The van der Waals surface area contributed by atoms with E-state index in [1.807, 2.05) is 4.68 Å². The molecule has 0 saturated heterocycles. The van der Waals surface area contributed by atoms with Crippen LogP contribution in [0.1, 0.15) is 25.5 Å². The Morgan fingerprint density at radius 1 is 1.54 bits per heavy atom. The van der Waals surface area contributed by atoms with Crippen molar-refractivity contribution < 1.29 is 0 Å². The maximum atomic E-state index is 4.48. The van der Waals surface area contributed by atoms with Crippen LogP contribution in [-0.4, -0.2) is 21.3 Å². The Balaban J connectivity index is 2.15. The Hall–Kier alpha value is -0.900. The summed E-state index contributed by atoms with van der Waals surface area (Å²) in [5, 5.41) is 7.74. The zero-order valence-corrected chi connectivity index (χ0v) is 8.25. The van der Waals surface area contributed by atoms with E-state index in [1.54, 1.807) is 0 Å². The second-order valence-electron chi connectivity index (χ2n) is 3.94. The number of nitrogens with one attached hydrogen (secondary N) is 1. The largest absolute Gasteiger partial charge is 0.308 e.